The topological polar surface area (TPSA) is 77.5 Å². The number of rotatable bonds is 9. The summed E-state index contributed by atoms with van der Waals surface area (Å²) in [6.45, 7) is 2.11. The molecule has 0 aliphatic rings. The maximum Gasteiger partial charge on any atom is 1.00 e. The maximum absolute atomic E-state index is 11.5. The van der Waals surface area contributed by atoms with Gasteiger partial charge in [-0.25, -0.2) is 8.42 Å². The first kappa shape index (κ1) is 21.3. The zero-order valence-electron chi connectivity index (χ0n) is 11.6. The molecule has 0 fully saturated rings. The molecule has 0 aliphatic carbocycles. The molecule has 18 heavy (non-hydrogen) atoms. The summed E-state index contributed by atoms with van der Waals surface area (Å²) in [4.78, 5) is 12.8. The second-order valence-electron chi connectivity index (χ2n) is 4.24. The number of hydrogen-bond donors (Lipinski definition) is 0. The fourth-order valence-corrected chi connectivity index (χ4v) is 1.94. The zero-order valence-corrected chi connectivity index (χ0v) is 15.6. The minimum absolute atomic E-state index is 0. The molecule has 0 unspecified atom stereocenters. The molecule has 0 spiro atoms. The molecule has 0 saturated carbocycles. The molecule has 0 rings (SSSR count). The van der Waals surface area contributed by atoms with E-state index < -0.39 is 15.9 Å². The number of hydrogen-bond acceptors (Lipinski definition) is 4. The van der Waals surface area contributed by atoms with Crippen molar-refractivity contribution in [2.75, 3.05) is 19.3 Å². The first-order valence-corrected chi connectivity index (χ1v) is 7.62. The van der Waals surface area contributed by atoms with E-state index in [1.165, 1.54) is 18.4 Å². The van der Waals surface area contributed by atoms with Crippen LogP contribution >= 0.6 is 0 Å². The summed E-state index contributed by atoms with van der Waals surface area (Å²) in [6.07, 6.45) is 5.75. The van der Waals surface area contributed by atoms with Crippen molar-refractivity contribution < 1.29 is 69.1 Å². The first-order valence-electron chi connectivity index (χ1n) is 6.04. The molecule has 7 heteroatoms. The van der Waals surface area contributed by atoms with Gasteiger partial charge in [-0.15, -0.1) is 0 Å². The molecule has 1 amide bonds. The molecular formula is C11H22KNO4S. The molecule has 0 bridgehead atoms. The Morgan fingerprint density at radius 1 is 1.17 bits per heavy atom. The van der Waals surface area contributed by atoms with E-state index in [0.717, 1.165) is 25.7 Å². The molecule has 0 aliphatic heterocycles. The van der Waals surface area contributed by atoms with Gasteiger partial charge in [0.25, 0.3) is 0 Å². The van der Waals surface area contributed by atoms with E-state index in [1.54, 1.807) is 0 Å². The molecular weight excluding hydrogens is 281 g/mol. The van der Waals surface area contributed by atoms with Crippen LogP contribution in [0.1, 0.15) is 45.4 Å². The van der Waals surface area contributed by atoms with Crippen LogP contribution in [0.15, 0.2) is 0 Å². The molecule has 0 radical (unpaired) electrons. The number of carbonyl (C=O) groups excluding carboxylic acids is 1. The Morgan fingerprint density at radius 2 is 1.72 bits per heavy atom. The third kappa shape index (κ3) is 13.4. The van der Waals surface area contributed by atoms with Crippen molar-refractivity contribution >= 4 is 16.0 Å². The van der Waals surface area contributed by atoms with E-state index >= 15 is 0 Å². The predicted molar refractivity (Wildman–Crippen MR) is 65.6 cm³/mol. The second kappa shape index (κ2) is 11.8. The fraction of sp³-hybridized carbons (Fsp3) is 0.909. The van der Waals surface area contributed by atoms with Gasteiger partial charge in [-0.1, -0.05) is 32.6 Å². The summed E-state index contributed by atoms with van der Waals surface area (Å²) in [5.74, 6) is -0.601. The van der Waals surface area contributed by atoms with Gasteiger partial charge in [0.1, 0.15) is 0 Å². The van der Waals surface area contributed by atoms with E-state index in [4.69, 9.17) is 0 Å². The van der Waals surface area contributed by atoms with E-state index in [1.807, 2.05) is 0 Å². The number of carbonyl (C=O) groups is 1. The molecule has 0 aromatic carbocycles. The number of amides is 1. The summed E-state index contributed by atoms with van der Waals surface area (Å²) in [5.41, 5.74) is 0. The van der Waals surface area contributed by atoms with Gasteiger partial charge in [0, 0.05) is 20.0 Å². The van der Waals surface area contributed by atoms with Gasteiger partial charge < -0.3 is 9.45 Å². The third-order valence-corrected chi connectivity index (χ3v) is 3.28. The summed E-state index contributed by atoms with van der Waals surface area (Å²) >= 11 is 0. The standard InChI is InChI=1S/C11H23NO4S.K/c1-3-4-5-6-7-8-11(13)12(2)9-10-17(14,15)16;/h3-10H2,1-2H3,(H,14,15,16);/q;+1/p-1. The smallest absolute Gasteiger partial charge is 0.748 e. The number of nitrogens with zero attached hydrogens (tertiary/aromatic N) is 1. The van der Waals surface area contributed by atoms with Crippen LogP contribution in [0.5, 0.6) is 0 Å². The van der Waals surface area contributed by atoms with Gasteiger partial charge in [-0.2, -0.15) is 0 Å². The average molecular weight is 303 g/mol. The summed E-state index contributed by atoms with van der Waals surface area (Å²) in [6, 6.07) is 0. The molecule has 0 aromatic rings. The molecule has 102 valence electrons. The largest absolute Gasteiger partial charge is 1.00 e. The van der Waals surface area contributed by atoms with Crippen LogP contribution in [0, 0.1) is 0 Å². The fourth-order valence-electron chi connectivity index (χ4n) is 1.44. The summed E-state index contributed by atoms with van der Waals surface area (Å²) in [5, 5.41) is 0. The minimum Gasteiger partial charge on any atom is -0.748 e. The molecule has 0 aromatic heterocycles. The Bertz CT molecular complexity index is 319. The van der Waals surface area contributed by atoms with Crippen molar-refractivity contribution in [2.24, 2.45) is 0 Å². The van der Waals surface area contributed by atoms with Crippen molar-refractivity contribution in [3.05, 3.63) is 0 Å². The average Bonchev–Trinajstić information content (AvgIpc) is 2.24. The zero-order chi connectivity index (χ0) is 13.3. The predicted octanol–water partition coefficient (Wildman–Crippen LogP) is -1.65. The van der Waals surface area contributed by atoms with E-state index in [-0.39, 0.29) is 63.8 Å². The van der Waals surface area contributed by atoms with Crippen molar-refractivity contribution in [3.8, 4) is 0 Å². The van der Waals surface area contributed by atoms with Crippen LogP contribution < -0.4 is 51.4 Å². The second-order valence-corrected chi connectivity index (χ2v) is 5.76. The van der Waals surface area contributed by atoms with Crippen LogP contribution in [0.4, 0.5) is 0 Å². The Labute approximate surface area is 153 Å². The van der Waals surface area contributed by atoms with Gasteiger partial charge in [0.05, 0.1) is 15.9 Å². The van der Waals surface area contributed by atoms with Crippen molar-refractivity contribution in [3.63, 3.8) is 0 Å². The van der Waals surface area contributed by atoms with Crippen molar-refractivity contribution in [1.29, 1.82) is 0 Å². The van der Waals surface area contributed by atoms with Crippen LogP contribution in [0.2, 0.25) is 0 Å². The monoisotopic (exact) mass is 303 g/mol. The summed E-state index contributed by atoms with van der Waals surface area (Å²) in [7, 11) is -2.70. The van der Waals surface area contributed by atoms with Crippen LogP contribution in [0.3, 0.4) is 0 Å². The SMILES string of the molecule is CCCCCCCC(=O)N(C)CCS(=O)(=O)[O-].[K+]. The van der Waals surface area contributed by atoms with Crippen LogP contribution in [-0.4, -0.2) is 43.1 Å². The van der Waals surface area contributed by atoms with E-state index in [9.17, 15) is 17.8 Å². The minimum atomic E-state index is -4.23. The van der Waals surface area contributed by atoms with Gasteiger partial charge in [0.2, 0.25) is 5.91 Å². The van der Waals surface area contributed by atoms with Gasteiger partial charge in [-0.3, -0.25) is 4.79 Å². The first-order chi connectivity index (χ1) is 7.87. The van der Waals surface area contributed by atoms with Gasteiger partial charge in [-0.05, 0) is 6.42 Å². The molecule has 0 atom stereocenters. The molecule has 5 nitrogen and oxygen atoms in total. The quantitative estimate of drug-likeness (QED) is 0.291. The molecule has 0 heterocycles. The normalized spacial score (nSPS) is 10.8. The third-order valence-electron chi connectivity index (χ3n) is 2.60. The van der Waals surface area contributed by atoms with Gasteiger partial charge in [0.15, 0.2) is 0 Å². The van der Waals surface area contributed by atoms with E-state index in [2.05, 4.69) is 6.92 Å². The van der Waals surface area contributed by atoms with Crippen LogP contribution in [0.25, 0.3) is 0 Å². The van der Waals surface area contributed by atoms with Crippen molar-refractivity contribution in [2.45, 2.75) is 45.4 Å². The van der Waals surface area contributed by atoms with Crippen molar-refractivity contribution in [1.82, 2.24) is 4.90 Å². The maximum atomic E-state index is 11.5. The van der Waals surface area contributed by atoms with Gasteiger partial charge >= 0.3 is 51.4 Å². The van der Waals surface area contributed by atoms with Crippen LogP contribution in [-0.2, 0) is 14.9 Å². The Kier molecular flexibility index (Phi) is 14.0. The van der Waals surface area contributed by atoms with E-state index in [0.29, 0.717) is 6.42 Å². The Balaban J connectivity index is 0. The number of unbranched alkanes of at least 4 members (excludes halogenated alkanes) is 4. The Morgan fingerprint density at radius 3 is 2.22 bits per heavy atom. The molecule has 0 N–H and O–H groups in total. The Hall–Kier alpha value is 1.02. The summed E-state index contributed by atoms with van der Waals surface area (Å²) < 4.78 is 31.2. The molecule has 0 saturated heterocycles.